The fourth-order valence-electron chi connectivity index (χ4n) is 3.08. The van der Waals surface area contributed by atoms with E-state index in [1.807, 2.05) is 90.4 Å². The molecule has 1 aromatic heterocycles. The van der Waals surface area contributed by atoms with Crippen molar-refractivity contribution in [1.29, 1.82) is 0 Å². The van der Waals surface area contributed by atoms with Crippen molar-refractivity contribution in [2.24, 2.45) is 0 Å². The summed E-state index contributed by atoms with van der Waals surface area (Å²) < 4.78 is 1.91. The molecular weight excluding hydrogens is 322 g/mol. The number of nitrogens with zero attached hydrogens (tertiary/aromatic N) is 2. The fourth-order valence-corrected chi connectivity index (χ4v) is 3.08. The third kappa shape index (κ3) is 2.97. The van der Waals surface area contributed by atoms with Gasteiger partial charge in [-0.05, 0) is 42.3 Å². The van der Waals surface area contributed by atoms with Gasteiger partial charge in [-0.1, -0.05) is 54.6 Å². The summed E-state index contributed by atoms with van der Waals surface area (Å²) in [6.45, 7) is 2.52. The number of amides is 1. The number of hydrogen-bond acceptors (Lipinski definition) is 2. The largest absolute Gasteiger partial charge is 0.345 e. The van der Waals surface area contributed by atoms with Crippen LogP contribution in [0.3, 0.4) is 0 Å². The molecule has 3 aromatic carbocycles. The number of carbonyl (C=O) groups excluding carboxylic acids is 1. The van der Waals surface area contributed by atoms with Crippen molar-refractivity contribution >= 4 is 16.9 Å². The minimum absolute atomic E-state index is 0.187. The molecule has 0 saturated heterocycles. The van der Waals surface area contributed by atoms with Crippen LogP contribution in [0.1, 0.15) is 21.7 Å². The Bertz CT molecular complexity index is 1070. The van der Waals surface area contributed by atoms with Crippen LogP contribution in [0.2, 0.25) is 0 Å². The number of nitrogens with one attached hydrogen (secondary N) is 1. The Labute approximate surface area is 152 Å². The van der Waals surface area contributed by atoms with E-state index in [0.29, 0.717) is 12.4 Å². The Hall–Kier alpha value is -3.40. The molecule has 0 bridgehead atoms. The maximum Gasteiger partial charge on any atom is 0.287 e. The Kier molecular flexibility index (Phi) is 4.23. The number of hydrogen-bond donors (Lipinski definition) is 1. The Morgan fingerprint density at radius 1 is 0.923 bits per heavy atom. The Morgan fingerprint density at radius 3 is 2.42 bits per heavy atom. The number of benzene rings is 3. The Balaban J connectivity index is 1.72. The molecule has 0 saturated carbocycles. The Morgan fingerprint density at radius 2 is 1.62 bits per heavy atom. The number of fused-ring (bicyclic) bond motifs is 1. The second kappa shape index (κ2) is 6.84. The summed E-state index contributed by atoms with van der Waals surface area (Å²) in [6.07, 6.45) is 0. The van der Waals surface area contributed by atoms with Gasteiger partial charge >= 0.3 is 0 Å². The number of aromatic nitrogens is 2. The van der Waals surface area contributed by atoms with Crippen LogP contribution in [-0.2, 0) is 6.54 Å². The van der Waals surface area contributed by atoms with Gasteiger partial charge in [0.2, 0.25) is 5.82 Å². The molecule has 4 heteroatoms. The molecule has 4 rings (SSSR count). The summed E-state index contributed by atoms with van der Waals surface area (Å²) >= 11 is 0. The molecule has 1 N–H and O–H groups in total. The normalized spacial score (nSPS) is 10.8. The van der Waals surface area contributed by atoms with Crippen molar-refractivity contribution in [3.63, 3.8) is 0 Å². The molecule has 0 radical (unpaired) electrons. The SMILES string of the molecule is Cc1ccccc1CNC(=O)c1nc2ccccc2n1-c1ccccc1. The monoisotopic (exact) mass is 341 g/mol. The number of aryl methyl sites for hydroxylation is 1. The van der Waals surface area contributed by atoms with E-state index in [9.17, 15) is 4.79 Å². The van der Waals surface area contributed by atoms with Crippen LogP contribution < -0.4 is 5.32 Å². The first-order chi connectivity index (χ1) is 12.7. The van der Waals surface area contributed by atoms with E-state index in [0.717, 1.165) is 27.8 Å². The third-order valence-electron chi connectivity index (χ3n) is 4.48. The fraction of sp³-hybridized carbons (Fsp3) is 0.0909. The molecule has 4 nitrogen and oxygen atoms in total. The van der Waals surface area contributed by atoms with E-state index in [1.54, 1.807) is 0 Å². The summed E-state index contributed by atoms with van der Waals surface area (Å²) in [4.78, 5) is 17.5. The zero-order valence-corrected chi connectivity index (χ0v) is 14.5. The van der Waals surface area contributed by atoms with E-state index >= 15 is 0 Å². The van der Waals surface area contributed by atoms with Crippen molar-refractivity contribution < 1.29 is 4.79 Å². The zero-order valence-electron chi connectivity index (χ0n) is 14.5. The number of para-hydroxylation sites is 3. The lowest BCUT2D eigenvalue weighted by Crippen LogP contribution is -2.26. The smallest absolute Gasteiger partial charge is 0.287 e. The lowest BCUT2D eigenvalue weighted by molar-refractivity contribution is 0.0939. The predicted molar refractivity (Wildman–Crippen MR) is 103 cm³/mol. The molecule has 0 atom stereocenters. The number of imidazole rings is 1. The first-order valence-electron chi connectivity index (χ1n) is 8.59. The minimum Gasteiger partial charge on any atom is -0.345 e. The quantitative estimate of drug-likeness (QED) is 0.603. The molecule has 1 heterocycles. The summed E-state index contributed by atoms with van der Waals surface area (Å²) in [5.74, 6) is 0.208. The topological polar surface area (TPSA) is 46.9 Å². The molecule has 0 unspecified atom stereocenters. The maximum absolute atomic E-state index is 12.9. The number of rotatable bonds is 4. The van der Waals surface area contributed by atoms with Gasteiger partial charge in [-0.2, -0.15) is 0 Å². The van der Waals surface area contributed by atoms with E-state index in [4.69, 9.17) is 0 Å². The van der Waals surface area contributed by atoms with Crippen molar-refractivity contribution in [2.75, 3.05) is 0 Å². The molecule has 1 amide bonds. The van der Waals surface area contributed by atoms with Gasteiger partial charge in [0, 0.05) is 12.2 Å². The van der Waals surface area contributed by atoms with Crippen molar-refractivity contribution in [2.45, 2.75) is 13.5 Å². The third-order valence-corrected chi connectivity index (χ3v) is 4.48. The van der Waals surface area contributed by atoms with Gasteiger partial charge in [0.05, 0.1) is 11.0 Å². The van der Waals surface area contributed by atoms with Crippen LogP contribution in [0, 0.1) is 6.92 Å². The molecule has 0 fully saturated rings. The summed E-state index contributed by atoms with van der Waals surface area (Å²) in [5.41, 5.74) is 4.90. The summed E-state index contributed by atoms with van der Waals surface area (Å²) in [7, 11) is 0. The highest BCUT2D eigenvalue weighted by Gasteiger charge is 2.18. The highest BCUT2D eigenvalue weighted by atomic mass is 16.2. The number of carbonyl (C=O) groups is 1. The van der Waals surface area contributed by atoms with Crippen molar-refractivity contribution in [1.82, 2.24) is 14.9 Å². The second-order valence-electron chi connectivity index (χ2n) is 6.20. The standard InChI is InChI=1S/C22H19N3O/c1-16-9-5-6-10-17(16)15-23-22(26)21-24-19-13-7-8-14-20(19)25(21)18-11-3-2-4-12-18/h2-14H,15H2,1H3,(H,23,26). The molecule has 0 spiro atoms. The molecule has 0 aliphatic heterocycles. The van der Waals surface area contributed by atoms with Crippen LogP contribution in [0.4, 0.5) is 0 Å². The van der Waals surface area contributed by atoms with Crippen LogP contribution in [0.5, 0.6) is 0 Å². The van der Waals surface area contributed by atoms with E-state index < -0.39 is 0 Å². The van der Waals surface area contributed by atoms with Crippen LogP contribution >= 0.6 is 0 Å². The lowest BCUT2D eigenvalue weighted by atomic mass is 10.1. The summed E-state index contributed by atoms with van der Waals surface area (Å²) in [5, 5.41) is 3.00. The molecular formula is C22H19N3O. The van der Waals surface area contributed by atoms with E-state index in [-0.39, 0.29) is 5.91 Å². The lowest BCUT2D eigenvalue weighted by Gasteiger charge is -2.10. The average molecular weight is 341 g/mol. The van der Waals surface area contributed by atoms with Gasteiger partial charge < -0.3 is 5.32 Å². The van der Waals surface area contributed by atoms with E-state index in [1.165, 1.54) is 0 Å². The van der Waals surface area contributed by atoms with Crippen molar-refractivity contribution in [3.8, 4) is 5.69 Å². The minimum atomic E-state index is -0.187. The first-order valence-corrected chi connectivity index (χ1v) is 8.59. The zero-order chi connectivity index (χ0) is 17.9. The average Bonchev–Trinajstić information content (AvgIpc) is 3.07. The van der Waals surface area contributed by atoms with Gasteiger partial charge in [0.1, 0.15) is 0 Å². The molecule has 0 aliphatic carbocycles. The van der Waals surface area contributed by atoms with Crippen LogP contribution in [-0.4, -0.2) is 15.5 Å². The second-order valence-corrected chi connectivity index (χ2v) is 6.20. The first kappa shape index (κ1) is 16.1. The highest BCUT2D eigenvalue weighted by Crippen LogP contribution is 2.21. The van der Waals surface area contributed by atoms with Gasteiger partial charge in [0.25, 0.3) is 5.91 Å². The molecule has 128 valence electrons. The predicted octanol–water partition coefficient (Wildman–Crippen LogP) is 4.26. The van der Waals surface area contributed by atoms with Gasteiger partial charge in [-0.3, -0.25) is 9.36 Å². The van der Waals surface area contributed by atoms with Gasteiger partial charge in [-0.25, -0.2) is 4.98 Å². The van der Waals surface area contributed by atoms with Gasteiger partial charge in [0.15, 0.2) is 0 Å². The highest BCUT2D eigenvalue weighted by molar-refractivity contribution is 5.96. The molecule has 4 aromatic rings. The summed E-state index contributed by atoms with van der Waals surface area (Å²) in [6, 6.07) is 25.7. The van der Waals surface area contributed by atoms with E-state index in [2.05, 4.69) is 10.3 Å². The van der Waals surface area contributed by atoms with Crippen LogP contribution in [0.15, 0.2) is 78.9 Å². The van der Waals surface area contributed by atoms with Gasteiger partial charge in [-0.15, -0.1) is 0 Å². The van der Waals surface area contributed by atoms with Crippen molar-refractivity contribution in [3.05, 3.63) is 95.8 Å². The molecule has 26 heavy (non-hydrogen) atoms. The van der Waals surface area contributed by atoms with Crippen LogP contribution in [0.25, 0.3) is 16.7 Å². The maximum atomic E-state index is 12.9. The molecule has 0 aliphatic rings.